The summed E-state index contributed by atoms with van der Waals surface area (Å²) in [5.74, 6) is 0.859. The maximum Gasteiger partial charge on any atom is 0.0137 e. The summed E-state index contributed by atoms with van der Waals surface area (Å²) in [4.78, 5) is 2.58. The Morgan fingerprint density at radius 1 is 1.47 bits per heavy atom. The zero-order valence-corrected chi connectivity index (χ0v) is 10.7. The fraction of sp³-hybridized carbons (Fsp3) is 0.846. The molecule has 1 N–H and O–H groups in total. The van der Waals surface area contributed by atoms with Gasteiger partial charge >= 0.3 is 0 Å². The lowest BCUT2D eigenvalue weighted by molar-refractivity contribution is 0.264. The second kappa shape index (κ2) is 6.29. The van der Waals surface area contributed by atoms with E-state index in [0.29, 0.717) is 6.04 Å². The third-order valence-corrected chi connectivity index (χ3v) is 3.14. The van der Waals surface area contributed by atoms with E-state index in [9.17, 15) is 0 Å². The molecule has 0 amide bonds. The Morgan fingerprint density at radius 3 is 2.73 bits per heavy atom. The van der Waals surface area contributed by atoms with Crippen LogP contribution >= 0.6 is 0 Å². The Bertz CT molecular complexity index is 205. The van der Waals surface area contributed by atoms with Crippen molar-refractivity contribution >= 4 is 0 Å². The second-order valence-electron chi connectivity index (χ2n) is 5.18. The van der Waals surface area contributed by atoms with Crippen LogP contribution in [0.25, 0.3) is 0 Å². The minimum atomic E-state index is 0.716. The van der Waals surface area contributed by atoms with E-state index in [1.54, 1.807) is 0 Å². The molecule has 1 unspecified atom stereocenters. The van der Waals surface area contributed by atoms with Gasteiger partial charge in [0.25, 0.3) is 0 Å². The van der Waals surface area contributed by atoms with Crippen molar-refractivity contribution in [2.24, 2.45) is 5.92 Å². The number of nitrogens with one attached hydrogen (secondary N) is 1. The average molecular weight is 210 g/mol. The molecule has 0 spiro atoms. The number of hydrogen-bond donors (Lipinski definition) is 1. The summed E-state index contributed by atoms with van der Waals surface area (Å²) < 4.78 is 0. The Balaban J connectivity index is 2.11. The Labute approximate surface area is 94.7 Å². The maximum absolute atomic E-state index is 3.52. The van der Waals surface area contributed by atoms with E-state index in [-0.39, 0.29) is 0 Å². The van der Waals surface area contributed by atoms with Gasteiger partial charge in [-0.25, -0.2) is 0 Å². The molecule has 1 heterocycles. The van der Waals surface area contributed by atoms with Crippen LogP contribution in [-0.2, 0) is 0 Å². The van der Waals surface area contributed by atoms with E-state index in [2.05, 4.69) is 44.0 Å². The first kappa shape index (κ1) is 12.7. The van der Waals surface area contributed by atoms with E-state index in [4.69, 9.17) is 0 Å². The Kier molecular flexibility index (Phi) is 5.34. The summed E-state index contributed by atoms with van der Waals surface area (Å²) in [6.07, 6.45) is 3.62. The van der Waals surface area contributed by atoms with Gasteiger partial charge in [-0.2, -0.15) is 0 Å². The molecule has 2 heteroatoms. The molecule has 0 aromatic heterocycles. The molecule has 1 atom stereocenters. The Morgan fingerprint density at radius 2 is 2.20 bits per heavy atom. The van der Waals surface area contributed by atoms with Gasteiger partial charge in [0, 0.05) is 19.1 Å². The SMILES string of the molecule is CC(C)=CCNCC1CCN(C(C)C)C1. The van der Waals surface area contributed by atoms with Gasteiger partial charge in [0.15, 0.2) is 0 Å². The molecule has 1 saturated heterocycles. The minimum absolute atomic E-state index is 0.716. The van der Waals surface area contributed by atoms with E-state index in [0.717, 1.165) is 12.5 Å². The first-order chi connectivity index (χ1) is 7.09. The van der Waals surface area contributed by atoms with Crippen LogP contribution in [0.4, 0.5) is 0 Å². The molecule has 15 heavy (non-hydrogen) atoms. The third-order valence-electron chi connectivity index (χ3n) is 3.14. The lowest BCUT2D eigenvalue weighted by Crippen LogP contribution is -2.30. The molecule has 2 nitrogen and oxygen atoms in total. The van der Waals surface area contributed by atoms with Gasteiger partial charge in [0.1, 0.15) is 0 Å². The highest BCUT2D eigenvalue weighted by Crippen LogP contribution is 2.17. The summed E-state index contributed by atoms with van der Waals surface area (Å²) in [5.41, 5.74) is 1.40. The zero-order valence-electron chi connectivity index (χ0n) is 10.7. The molecular formula is C13H26N2. The smallest absolute Gasteiger partial charge is 0.0137 e. The minimum Gasteiger partial charge on any atom is -0.313 e. The highest BCUT2D eigenvalue weighted by Gasteiger charge is 2.23. The van der Waals surface area contributed by atoms with Crippen molar-refractivity contribution < 1.29 is 0 Å². The molecule has 1 fully saturated rings. The van der Waals surface area contributed by atoms with Crippen LogP contribution in [0.1, 0.15) is 34.1 Å². The van der Waals surface area contributed by atoms with Crippen LogP contribution in [0.5, 0.6) is 0 Å². The van der Waals surface area contributed by atoms with Crippen molar-refractivity contribution in [3.05, 3.63) is 11.6 Å². The van der Waals surface area contributed by atoms with Crippen molar-refractivity contribution in [3.8, 4) is 0 Å². The summed E-state index contributed by atoms with van der Waals surface area (Å²) in [6, 6.07) is 0.716. The van der Waals surface area contributed by atoms with E-state index in [1.807, 2.05) is 0 Å². The summed E-state index contributed by atoms with van der Waals surface area (Å²) in [6.45, 7) is 13.6. The molecule has 1 aliphatic rings. The molecule has 0 aliphatic carbocycles. The van der Waals surface area contributed by atoms with Crippen LogP contribution in [-0.4, -0.2) is 37.1 Å². The summed E-state index contributed by atoms with van der Waals surface area (Å²) in [7, 11) is 0. The summed E-state index contributed by atoms with van der Waals surface area (Å²) >= 11 is 0. The quantitative estimate of drug-likeness (QED) is 0.553. The van der Waals surface area contributed by atoms with Crippen molar-refractivity contribution in [1.29, 1.82) is 0 Å². The predicted octanol–water partition coefficient (Wildman–Crippen LogP) is 2.27. The molecule has 1 rings (SSSR count). The Hall–Kier alpha value is -0.340. The first-order valence-corrected chi connectivity index (χ1v) is 6.17. The van der Waals surface area contributed by atoms with Gasteiger partial charge < -0.3 is 10.2 Å². The van der Waals surface area contributed by atoms with Crippen molar-refractivity contribution in [3.63, 3.8) is 0 Å². The number of likely N-dealkylation sites (tertiary alicyclic amines) is 1. The predicted molar refractivity (Wildman–Crippen MR) is 67.1 cm³/mol. The fourth-order valence-electron chi connectivity index (χ4n) is 2.06. The number of rotatable bonds is 5. The lowest BCUT2D eigenvalue weighted by atomic mass is 10.1. The van der Waals surface area contributed by atoms with Gasteiger partial charge in [0.05, 0.1) is 0 Å². The maximum atomic E-state index is 3.52. The van der Waals surface area contributed by atoms with Gasteiger partial charge in [-0.15, -0.1) is 0 Å². The number of nitrogens with zero attached hydrogens (tertiary/aromatic N) is 1. The van der Waals surface area contributed by atoms with E-state index >= 15 is 0 Å². The highest BCUT2D eigenvalue weighted by atomic mass is 15.2. The molecule has 0 bridgehead atoms. The normalized spacial score (nSPS) is 22.3. The molecular weight excluding hydrogens is 184 g/mol. The first-order valence-electron chi connectivity index (χ1n) is 6.17. The molecule has 0 saturated carbocycles. The van der Waals surface area contributed by atoms with Gasteiger partial charge in [-0.05, 0) is 53.1 Å². The van der Waals surface area contributed by atoms with Gasteiger partial charge in [-0.1, -0.05) is 11.6 Å². The van der Waals surface area contributed by atoms with E-state index in [1.165, 1.54) is 31.6 Å². The van der Waals surface area contributed by atoms with Crippen molar-refractivity contribution in [2.45, 2.75) is 40.2 Å². The van der Waals surface area contributed by atoms with Crippen LogP contribution < -0.4 is 5.32 Å². The zero-order chi connectivity index (χ0) is 11.3. The average Bonchev–Trinajstić information content (AvgIpc) is 2.60. The van der Waals surface area contributed by atoms with Crippen LogP contribution in [0, 0.1) is 5.92 Å². The number of allylic oxidation sites excluding steroid dienone is 1. The van der Waals surface area contributed by atoms with Gasteiger partial charge in [-0.3, -0.25) is 0 Å². The van der Waals surface area contributed by atoms with E-state index < -0.39 is 0 Å². The third kappa shape index (κ3) is 4.80. The second-order valence-corrected chi connectivity index (χ2v) is 5.18. The topological polar surface area (TPSA) is 15.3 Å². The molecule has 0 aromatic rings. The molecule has 0 aromatic carbocycles. The highest BCUT2D eigenvalue weighted by molar-refractivity contribution is 4.94. The molecule has 0 radical (unpaired) electrons. The molecule has 88 valence electrons. The van der Waals surface area contributed by atoms with Crippen molar-refractivity contribution in [1.82, 2.24) is 10.2 Å². The van der Waals surface area contributed by atoms with Crippen molar-refractivity contribution in [2.75, 3.05) is 26.2 Å². The standard InChI is InChI=1S/C13H26N2/c1-11(2)5-7-14-9-13-6-8-15(10-13)12(3)4/h5,12-14H,6-10H2,1-4H3. The lowest BCUT2D eigenvalue weighted by Gasteiger charge is -2.20. The fourth-order valence-corrected chi connectivity index (χ4v) is 2.06. The largest absolute Gasteiger partial charge is 0.313 e. The monoisotopic (exact) mass is 210 g/mol. The van der Waals surface area contributed by atoms with Crippen LogP contribution in [0.15, 0.2) is 11.6 Å². The van der Waals surface area contributed by atoms with Crippen LogP contribution in [0.3, 0.4) is 0 Å². The molecule has 1 aliphatic heterocycles. The van der Waals surface area contributed by atoms with Crippen LogP contribution in [0.2, 0.25) is 0 Å². The summed E-state index contributed by atoms with van der Waals surface area (Å²) in [5, 5.41) is 3.52. The van der Waals surface area contributed by atoms with Gasteiger partial charge in [0.2, 0.25) is 0 Å². The number of hydrogen-bond acceptors (Lipinski definition) is 2.